The standard InChI is InChI=1S/C22H18N2O5S/c1-29-17-11-16(24-30(27,28)12-13-7-3-2-4-8-13)18-19(20(17)23)22(26)15-10-6-5-9-14(15)21(18)25/h2-11,24H,12,23H2,1H3. The molecule has 4 rings (SSSR count). The van der Waals surface area contributed by atoms with E-state index in [9.17, 15) is 18.0 Å². The predicted molar refractivity (Wildman–Crippen MR) is 113 cm³/mol. The van der Waals surface area contributed by atoms with Crippen LogP contribution in [0, 0.1) is 0 Å². The van der Waals surface area contributed by atoms with Crippen molar-refractivity contribution in [2.75, 3.05) is 17.6 Å². The summed E-state index contributed by atoms with van der Waals surface area (Å²) >= 11 is 0. The molecule has 0 radical (unpaired) electrons. The fourth-order valence-corrected chi connectivity index (χ4v) is 4.74. The molecule has 0 heterocycles. The highest BCUT2D eigenvalue weighted by Gasteiger charge is 2.35. The fraction of sp³-hybridized carbons (Fsp3) is 0.0909. The highest BCUT2D eigenvalue weighted by molar-refractivity contribution is 7.91. The van der Waals surface area contributed by atoms with Crippen molar-refractivity contribution in [1.29, 1.82) is 0 Å². The van der Waals surface area contributed by atoms with E-state index < -0.39 is 21.6 Å². The van der Waals surface area contributed by atoms with E-state index in [2.05, 4.69) is 4.72 Å². The summed E-state index contributed by atoms with van der Waals surface area (Å²) < 4.78 is 33.3. The van der Waals surface area contributed by atoms with Gasteiger partial charge in [0.25, 0.3) is 0 Å². The Morgan fingerprint density at radius 3 is 2.07 bits per heavy atom. The van der Waals surface area contributed by atoms with Crippen LogP contribution in [0.2, 0.25) is 0 Å². The molecular formula is C22H18N2O5S. The summed E-state index contributed by atoms with van der Waals surface area (Å²) in [6.07, 6.45) is 0. The second kappa shape index (κ2) is 7.31. The highest BCUT2D eigenvalue weighted by Crippen LogP contribution is 2.40. The zero-order valence-electron chi connectivity index (χ0n) is 16.0. The SMILES string of the molecule is COc1cc(NS(=O)(=O)Cc2ccccc2)c2c(c1N)C(=O)c1ccccc1C2=O. The third-order valence-corrected chi connectivity index (χ3v) is 6.13. The second-order valence-corrected chi connectivity index (χ2v) is 8.56. The van der Waals surface area contributed by atoms with Crippen LogP contribution in [0.5, 0.6) is 5.75 Å². The monoisotopic (exact) mass is 422 g/mol. The minimum atomic E-state index is -3.89. The van der Waals surface area contributed by atoms with Crippen LogP contribution in [0.1, 0.15) is 37.4 Å². The third-order valence-electron chi connectivity index (χ3n) is 4.88. The normalized spacial score (nSPS) is 12.8. The number of hydrogen-bond donors (Lipinski definition) is 2. The van der Waals surface area contributed by atoms with E-state index in [4.69, 9.17) is 10.5 Å². The molecule has 30 heavy (non-hydrogen) atoms. The summed E-state index contributed by atoms with van der Waals surface area (Å²) in [6, 6.07) is 16.3. The molecule has 3 aromatic carbocycles. The van der Waals surface area contributed by atoms with Crippen LogP contribution in [0.25, 0.3) is 0 Å². The van der Waals surface area contributed by atoms with Gasteiger partial charge in [0, 0.05) is 17.2 Å². The molecular weight excluding hydrogens is 404 g/mol. The van der Waals surface area contributed by atoms with Gasteiger partial charge in [0.15, 0.2) is 11.6 Å². The van der Waals surface area contributed by atoms with E-state index >= 15 is 0 Å². The number of fused-ring (bicyclic) bond motifs is 2. The van der Waals surface area contributed by atoms with Crippen molar-refractivity contribution in [2.45, 2.75) is 5.75 Å². The maximum Gasteiger partial charge on any atom is 0.236 e. The van der Waals surface area contributed by atoms with E-state index in [1.54, 1.807) is 42.5 Å². The molecule has 0 aliphatic heterocycles. The number of carbonyl (C=O) groups excluding carboxylic acids is 2. The van der Waals surface area contributed by atoms with Crippen LogP contribution in [0.15, 0.2) is 60.7 Å². The van der Waals surface area contributed by atoms with Crippen LogP contribution in [-0.4, -0.2) is 27.1 Å². The number of methoxy groups -OCH3 is 1. The highest BCUT2D eigenvalue weighted by atomic mass is 32.2. The predicted octanol–water partition coefficient (Wildman–Crippen LogP) is 2.99. The van der Waals surface area contributed by atoms with Gasteiger partial charge in [-0.15, -0.1) is 0 Å². The Morgan fingerprint density at radius 1 is 0.900 bits per heavy atom. The fourth-order valence-electron chi connectivity index (χ4n) is 3.54. The molecule has 3 aromatic rings. The molecule has 152 valence electrons. The zero-order valence-corrected chi connectivity index (χ0v) is 16.8. The molecule has 0 bridgehead atoms. The summed E-state index contributed by atoms with van der Waals surface area (Å²) in [5.74, 6) is -1.13. The number of carbonyl (C=O) groups is 2. The topological polar surface area (TPSA) is 116 Å². The van der Waals surface area contributed by atoms with Gasteiger partial charge in [-0.1, -0.05) is 54.6 Å². The average Bonchev–Trinajstić information content (AvgIpc) is 2.73. The van der Waals surface area contributed by atoms with Gasteiger partial charge >= 0.3 is 0 Å². The van der Waals surface area contributed by atoms with E-state index in [-0.39, 0.29) is 45.1 Å². The minimum Gasteiger partial charge on any atom is -0.494 e. The maximum absolute atomic E-state index is 13.2. The Hall–Kier alpha value is -3.65. The summed E-state index contributed by atoms with van der Waals surface area (Å²) in [5.41, 5.74) is 6.91. The lowest BCUT2D eigenvalue weighted by Gasteiger charge is -2.23. The Kier molecular flexibility index (Phi) is 4.79. The van der Waals surface area contributed by atoms with Crippen LogP contribution in [0.4, 0.5) is 11.4 Å². The quantitative estimate of drug-likeness (QED) is 0.478. The molecule has 0 aromatic heterocycles. The number of nitrogens with one attached hydrogen (secondary N) is 1. The third kappa shape index (κ3) is 3.31. The van der Waals surface area contributed by atoms with Crippen molar-refractivity contribution >= 4 is 33.0 Å². The summed E-state index contributed by atoms with van der Waals surface area (Å²) in [6.45, 7) is 0. The van der Waals surface area contributed by atoms with Crippen molar-refractivity contribution in [3.05, 3.63) is 88.5 Å². The largest absolute Gasteiger partial charge is 0.494 e. The Balaban J connectivity index is 1.85. The van der Waals surface area contributed by atoms with Gasteiger partial charge in [-0.25, -0.2) is 8.42 Å². The van der Waals surface area contributed by atoms with Crippen molar-refractivity contribution in [3.8, 4) is 5.75 Å². The molecule has 0 fully saturated rings. The zero-order chi connectivity index (χ0) is 21.5. The Labute approximate surface area is 173 Å². The first kappa shape index (κ1) is 19.7. The van der Waals surface area contributed by atoms with Gasteiger partial charge in [-0.3, -0.25) is 14.3 Å². The van der Waals surface area contributed by atoms with Crippen molar-refractivity contribution in [2.24, 2.45) is 0 Å². The molecule has 0 saturated heterocycles. The lowest BCUT2D eigenvalue weighted by Crippen LogP contribution is -2.26. The van der Waals surface area contributed by atoms with Crippen molar-refractivity contribution in [3.63, 3.8) is 0 Å². The molecule has 8 heteroatoms. The van der Waals surface area contributed by atoms with Crippen molar-refractivity contribution < 1.29 is 22.7 Å². The number of ketones is 2. The smallest absolute Gasteiger partial charge is 0.236 e. The number of rotatable bonds is 5. The molecule has 0 atom stereocenters. The van der Waals surface area contributed by atoms with Gasteiger partial charge in [0.2, 0.25) is 10.0 Å². The van der Waals surface area contributed by atoms with Gasteiger partial charge < -0.3 is 10.5 Å². The Morgan fingerprint density at radius 2 is 1.47 bits per heavy atom. The lowest BCUT2D eigenvalue weighted by molar-refractivity contribution is 0.0980. The van der Waals surface area contributed by atoms with E-state index in [0.29, 0.717) is 5.56 Å². The van der Waals surface area contributed by atoms with E-state index in [1.165, 1.54) is 25.3 Å². The molecule has 3 N–H and O–H groups in total. The number of hydrogen-bond acceptors (Lipinski definition) is 6. The van der Waals surface area contributed by atoms with Crippen LogP contribution >= 0.6 is 0 Å². The first-order valence-electron chi connectivity index (χ1n) is 9.05. The second-order valence-electron chi connectivity index (χ2n) is 6.84. The molecule has 0 spiro atoms. The van der Waals surface area contributed by atoms with Gasteiger partial charge in [0.1, 0.15) is 5.75 Å². The number of ether oxygens (including phenoxy) is 1. The van der Waals surface area contributed by atoms with E-state index in [1.807, 2.05) is 0 Å². The van der Waals surface area contributed by atoms with E-state index in [0.717, 1.165) is 0 Å². The number of nitrogen functional groups attached to an aromatic ring is 1. The van der Waals surface area contributed by atoms with Gasteiger partial charge in [0.05, 0.1) is 35.4 Å². The van der Waals surface area contributed by atoms with Gasteiger partial charge in [-0.05, 0) is 5.56 Å². The molecule has 0 unspecified atom stereocenters. The molecule has 1 aliphatic rings. The molecule has 0 saturated carbocycles. The summed E-state index contributed by atoms with van der Waals surface area (Å²) in [5, 5.41) is 0. The number of nitrogens with two attached hydrogens (primary N) is 1. The Bertz CT molecular complexity index is 1280. The average molecular weight is 422 g/mol. The molecule has 1 aliphatic carbocycles. The molecule has 0 amide bonds. The summed E-state index contributed by atoms with van der Waals surface area (Å²) in [7, 11) is -2.54. The first-order valence-corrected chi connectivity index (χ1v) is 10.7. The van der Waals surface area contributed by atoms with Crippen molar-refractivity contribution in [1.82, 2.24) is 0 Å². The number of sulfonamides is 1. The maximum atomic E-state index is 13.2. The first-order chi connectivity index (χ1) is 14.3. The van der Waals surface area contributed by atoms with Crippen LogP contribution < -0.4 is 15.2 Å². The van der Waals surface area contributed by atoms with Gasteiger partial charge in [-0.2, -0.15) is 0 Å². The lowest BCUT2D eigenvalue weighted by atomic mass is 9.82. The summed E-state index contributed by atoms with van der Waals surface area (Å²) in [4.78, 5) is 26.3. The number of anilines is 2. The molecule has 7 nitrogen and oxygen atoms in total. The minimum absolute atomic E-state index is 0.00800. The van der Waals surface area contributed by atoms with Crippen LogP contribution in [0.3, 0.4) is 0 Å². The van der Waals surface area contributed by atoms with Crippen LogP contribution in [-0.2, 0) is 15.8 Å². The number of benzene rings is 3.